The number of carbonyl (C=O) groups is 1. The number of hydrogen-bond donors (Lipinski definition) is 2. The Morgan fingerprint density at radius 2 is 1.59 bits per heavy atom. The fraction of sp³-hybridized carbons (Fsp3) is 0.316. The lowest BCUT2D eigenvalue weighted by Gasteiger charge is -2.06. The van der Waals surface area contributed by atoms with Gasteiger partial charge in [-0.2, -0.15) is 0 Å². The largest absolute Gasteiger partial charge is 0.399 e. The molecule has 0 spiro atoms. The number of unbranched alkanes of at least 4 members (excludes halogenated alkanes) is 2. The number of aryl methyl sites for hydroxylation is 1. The first-order chi connectivity index (χ1) is 10.7. The molecule has 3 heteroatoms. The van der Waals surface area contributed by atoms with Crippen molar-refractivity contribution in [2.45, 2.75) is 32.1 Å². The summed E-state index contributed by atoms with van der Waals surface area (Å²) in [7, 11) is 0. The van der Waals surface area contributed by atoms with Crippen molar-refractivity contribution in [1.29, 1.82) is 0 Å². The van der Waals surface area contributed by atoms with E-state index in [9.17, 15) is 4.79 Å². The second kappa shape index (κ2) is 8.88. The maximum atomic E-state index is 11.8. The molecule has 0 heterocycles. The Hall–Kier alpha value is -2.29. The first-order valence-electron chi connectivity index (χ1n) is 7.89. The van der Waals surface area contributed by atoms with Crippen LogP contribution >= 0.6 is 0 Å². The molecule has 22 heavy (non-hydrogen) atoms. The molecule has 0 radical (unpaired) electrons. The smallest absolute Gasteiger partial charge is 0.224 e. The number of nitrogens with two attached hydrogens (primary N) is 1. The first kappa shape index (κ1) is 16.1. The predicted molar refractivity (Wildman–Crippen MR) is 91.6 cm³/mol. The number of benzene rings is 2. The van der Waals surface area contributed by atoms with Gasteiger partial charge in [0.25, 0.3) is 0 Å². The van der Waals surface area contributed by atoms with E-state index >= 15 is 0 Å². The number of rotatable bonds is 8. The molecule has 3 nitrogen and oxygen atoms in total. The summed E-state index contributed by atoms with van der Waals surface area (Å²) in [6.45, 7) is 0.753. The number of carbonyl (C=O) groups excluding carboxylic acids is 1. The second-order valence-electron chi connectivity index (χ2n) is 5.56. The van der Waals surface area contributed by atoms with Crippen molar-refractivity contribution < 1.29 is 4.79 Å². The van der Waals surface area contributed by atoms with Gasteiger partial charge in [0.05, 0.1) is 6.42 Å². The molecular weight excluding hydrogens is 272 g/mol. The van der Waals surface area contributed by atoms with Crippen molar-refractivity contribution in [3.8, 4) is 0 Å². The third kappa shape index (κ3) is 6.00. The van der Waals surface area contributed by atoms with E-state index in [2.05, 4.69) is 29.6 Å². The van der Waals surface area contributed by atoms with Crippen LogP contribution in [0.15, 0.2) is 54.6 Å². The van der Waals surface area contributed by atoms with Crippen LogP contribution in [-0.4, -0.2) is 12.5 Å². The molecule has 2 rings (SSSR count). The molecule has 0 aliphatic heterocycles. The van der Waals surface area contributed by atoms with Gasteiger partial charge in [-0.15, -0.1) is 0 Å². The summed E-state index contributed by atoms with van der Waals surface area (Å²) in [5.74, 6) is 0.0767. The van der Waals surface area contributed by atoms with Gasteiger partial charge in [-0.05, 0) is 42.5 Å². The summed E-state index contributed by atoms with van der Waals surface area (Å²) in [5.41, 5.74) is 8.73. The molecule has 0 unspecified atom stereocenters. The number of nitrogens with one attached hydrogen (secondary N) is 1. The summed E-state index contributed by atoms with van der Waals surface area (Å²) in [6.07, 6.45) is 4.86. The van der Waals surface area contributed by atoms with E-state index in [-0.39, 0.29) is 5.91 Å². The fourth-order valence-corrected chi connectivity index (χ4v) is 2.39. The summed E-state index contributed by atoms with van der Waals surface area (Å²) in [5, 5.41) is 2.97. The van der Waals surface area contributed by atoms with E-state index in [4.69, 9.17) is 5.73 Å². The molecule has 0 saturated heterocycles. The summed E-state index contributed by atoms with van der Waals surface area (Å²) in [6, 6.07) is 18.0. The number of amides is 1. The van der Waals surface area contributed by atoms with E-state index < -0.39 is 0 Å². The normalized spacial score (nSPS) is 10.4. The summed E-state index contributed by atoms with van der Waals surface area (Å²) < 4.78 is 0. The monoisotopic (exact) mass is 296 g/mol. The number of nitrogen functional groups attached to an aromatic ring is 1. The Bertz CT molecular complexity index is 564. The minimum atomic E-state index is 0.0767. The highest BCUT2D eigenvalue weighted by Gasteiger charge is 2.02. The van der Waals surface area contributed by atoms with Crippen LogP contribution in [0.5, 0.6) is 0 Å². The van der Waals surface area contributed by atoms with Crippen molar-refractivity contribution in [1.82, 2.24) is 5.32 Å². The quantitative estimate of drug-likeness (QED) is 0.580. The summed E-state index contributed by atoms with van der Waals surface area (Å²) >= 11 is 0. The van der Waals surface area contributed by atoms with Crippen LogP contribution in [0.3, 0.4) is 0 Å². The van der Waals surface area contributed by atoms with E-state index in [1.54, 1.807) is 0 Å². The Kier molecular flexibility index (Phi) is 6.49. The highest BCUT2D eigenvalue weighted by atomic mass is 16.1. The van der Waals surface area contributed by atoms with Gasteiger partial charge in [0.15, 0.2) is 0 Å². The molecule has 0 aliphatic carbocycles. The lowest BCUT2D eigenvalue weighted by molar-refractivity contribution is -0.120. The number of hydrogen-bond acceptors (Lipinski definition) is 2. The van der Waals surface area contributed by atoms with Crippen LogP contribution < -0.4 is 11.1 Å². The third-order valence-electron chi connectivity index (χ3n) is 3.65. The lowest BCUT2D eigenvalue weighted by Crippen LogP contribution is -2.26. The average Bonchev–Trinajstić information content (AvgIpc) is 2.54. The molecule has 0 atom stereocenters. The Morgan fingerprint density at radius 1 is 0.864 bits per heavy atom. The first-order valence-corrected chi connectivity index (χ1v) is 7.89. The maximum absolute atomic E-state index is 11.8. The Labute approximate surface area is 132 Å². The molecular formula is C19H24N2O. The van der Waals surface area contributed by atoms with Gasteiger partial charge < -0.3 is 11.1 Å². The maximum Gasteiger partial charge on any atom is 0.224 e. The SMILES string of the molecule is Nc1ccc(CC(=O)NCCCCCc2ccccc2)cc1. The average molecular weight is 296 g/mol. The summed E-state index contributed by atoms with van der Waals surface area (Å²) in [4.78, 5) is 11.8. The minimum Gasteiger partial charge on any atom is -0.399 e. The van der Waals surface area contributed by atoms with Crippen LogP contribution in [0.4, 0.5) is 5.69 Å². The van der Waals surface area contributed by atoms with Gasteiger partial charge in [0.1, 0.15) is 0 Å². The highest BCUT2D eigenvalue weighted by molar-refractivity contribution is 5.78. The zero-order valence-corrected chi connectivity index (χ0v) is 12.9. The van der Waals surface area contributed by atoms with Crippen molar-refractivity contribution in [2.24, 2.45) is 0 Å². The highest BCUT2D eigenvalue weighted by Crippen LogP contribution is 2.07. The predicted octanol–water partition coefficient (Wildman–Crippen LogP) is 3.34. The molecule has 0 saturated carbocycles. The van der Waals surface area contributed by atoms with Gasteiger partial charge in [-0.25, -0.2) is 0 Å². The van der Waals surface area contributed by atoms with Crippen LogP contribution in [0, 0.1) is 0 Å². The number of anilines is 1. The minimum absolute atomic E-state index is 0.0767. The molecule has 0 aromatic heterocycles. The van der Waals surface area contributed by atoms with Gasteiger partial charge in [0.2, 0.25) is 5.91 Å². The molecule has 116 valence electrons. The topological polar surface area (TPSA) is 55.1 Å². The lowest BCUT2D eigenvalue weighted by atomic mass is 10.1. The van der Waals surface area contributed by atoms with Gasteiger partial charge >= 0.3 is 0 Å². The van der Waals surface area contributed by atoms with Crippen molar-refractivity contribution in [3.05, 3.63) is 65.7 Å². The molecule has 2 aromatic rings. The molecule has 2 aromatic carbocycles. The Balaban J connectivity index is 1.54. The third-order valence-corrected chi connectivity index (χ3v) is 3.65. The van der Waals surface area contributed by atoms with Crippen molar-refractivity contribution in [2.75, 3.05) is 12.3 Å². The van der Waals surface area contributed by atoms with Crippen LogP contribution in [0.25, 0.3) is 0 Å². The van der Waals surface area contributed by atoms with E-state index in [0.717, 1.165) is 43.5 Å². The van der Waals surface area contributed by atoms with E-state index in [0.29, 0.717) is 6.42 Å². The zero-order valence-electron chi connectivity index (χ0n) is 12.9. The second-order valence-corrected chi connectivity index (χ2v) is 5.56. The van der Waals surface area contributed by atoms with Crippen LogP contribution in [0.1, 0.15) is 30.4 Å². The van der Waals surface area contributed by atoms with E-state index in [1.807, 2.05) is 30.3 Å². The fourth-order valence-electron chi connectivity index (χ4n) is 2.39. The van der Waals surface area contributed by atoms with Gasteiger partial charge in [0, 0.05) is 12.2 Å². The van der Waals surface area contributed by atoms with Crippen LogP contribution in [0.2, 0.25) is 0 Å². The van der Waals surface area contributed by atoms with Crippen LogP contribution in [-0.2, 0) is 17.6 Å². The van der Waals surface area contributed by atoms with Gasteiger partial charge in [-0.1, -0.05) is 48.9 Å². The molecule has 0 fully saturated rings. The van der Waals surface area contributed by atoms with Crippen molar-refractivity contribution in [3.63, 3.8) is 0 Å². The molecule has 0 aliphatic rings. The molecule has 3 N–H and O–H groups in total. The zero-order chi connectivity index (χ0) is 15.6. The Morgan fingerprint density at radius 3 is 2.32 bits per heavy atom. The molecule has 1 amide bonds. The van der Waals surface area contributed by atoms with Crippen molar-refractivity contribution >= 4 is 11.6 Å². The molecule has 0 bridgehead atoms. The van der Waals surface area contributed by atoms with E-state index in [1.165, 1.54) is 5.56 Å². The standard InChI is InChI=1S/C19H24N2O/c20-18-12-10-17(11-13-18)15-19(22)21-14-6-2-5-9-16-7-3-1-4-8-16/h1,3-4,7-8,10-13H,2,5-6,9,14-15,20H2,(H,21,22). The van der Waals surface area contributed by atoms with Gasteiger partial charge in [-0.3, -0.25) is 4.79 Å².